The second-order valence-electron chi connectivity index (χ2n) is 5.33. The van der Waals surface area contributed by atoms with Gasteiger partial charge in [-0.15, -0.1) is 0 Å². The van der Waals surface area contributed by atoms with Crippen LogP contribution in [0.25, 0.3) is 0 Å². The summed E-state index contributed by atoms with van der Waals surface area (Å²) >= 11 is 6.00. The van der Waals surface area contributed by atoms with Gasteiger partial charge in [0, 0.05) is 30.7 Å². The second-order valence-corrected chi connectivity index (χ2v) is 7.96. The molecule has 0 aliphatic carbocycles. The van der Waals surface area contributed by atoms with Crippen LogP contribution in [0.4, 0.5) is 5.69 Å². The highest BCUT2D eigenvalue weighted by atomic mass is 35.5. The van der Waals surface area contributed by atoms with Gasteiger partial charge >= 0.3 is 0 Å². The van der Waals surface area contributed by atoms with Crippen LogP contribution in [0.1, 0.15) is 12.0 Å². The molecule has 0 saturated carbocycles. The maximum absolute atomic E-state index is 12.3. The summed E-state index contributed by atoms with van der Waals surface area (Å²) in [6, 6.07) is 4.02. The minimum atomic E-state index is -3.14. The quantitative estimate of drug-likeness (QED) is 0.609. The van der Waals surface area contributed by atoms with Crippen molar-refractivity contribution < 1.29 is 18.1 Å². The van der Waals surface area contributed by atoms with Gasteiger partial charge < -0.3 is 4.90 Å². The molecule has 1 heterocycles. The van der Waals surface area contributed by atoms with Crippen LogP contribution in [-0.2, 0) is 21.2 Å². The number of hydrogen-bond acceptors (Lipinski definition) is 5. The van der Waals surface area contributed by atoms with Gasteiger partial charge in [0.05, 0.1) is 22.3 Å². The highest BCUT2D eigenvalue weighted by Gasteiger charge is 2.34. The van der Waals surface area contributed by atoms with Gasteiger partial charge in [-0.25, -0.2) is 8.42 Å². The van der Waals surface area contributed by atoms with Crippen molar-refractivity contribution in [1.82, 2.24) is 4.90 Å². The Balaban J connectivity index is 2.12. The van der Waals surface area contributed by atoms with Crippen LogP contribution >= 0.6 is 11.6 Å². The van der Waals surface area contributed by atoms with Crippen molar-refractivity contribution in [3.8, 4) is 0 Å². The highest BCUT2D eigenvalue weighted by molar-refractivity contribution is 7.91. The zero-order valence-electron chi connectivity index (χ0n) is 11.9. The molecule has 0 aromatic heterocycles. The minimum absolute atomic E-state index is 0.0226. The van der Waals surface area contributed by atoms with Crippen molar-refractivity contribution >= 4 is 33.0 Å². The van der Waals surface area contributed by atoms with E-state index in [1.165, 1.54) is 30.1 Å². The van der Waals surface area contributed by atoms with Crippen molar-refractivity contribution in [1.29, 1.82) is 0 Å². The van der Waals surface area contributed by atoms with E-state index < -0.39 is 20.7 Å². The molecule has 0 N–H and O–H groups in total. The van der Waals surface area contributed by atoms with E-state index in [4.69, 9.17) is 11.6 Å². The lowest BCUT2D eigenvalue weighted by molar-refractivity contribution is -0.384. The van der Waals surface area contributed by atoms with E-state index in [-0.39, 0.29) is 29.6 Å². The standard InChI is InChI=1S/C13H15ClN2O5S/c1-15(13(17)9-4-5-22(20,21)8-9)7-10-6-11(16(18)19)2-3-12(10)14/h2-3,6,9H,4-5,7-8H2,1H3. The molecule has 1 saturated heterocycles. The average Bonchev–Trinajstić information content (AvgIpc) is 2.80. The number of nitro benzene ring substituents is 1. The molecule has 0 spiro atoms. The van der Waals surface area contributed by atoms with Gasteiger partial charge in [0.2, 0.25) is 5.91 Å². The van der Waals surface area contributed by atoms with Crippen molar-refractivity contribution in [3.63, 3.8) is 0 Å². The fraction of sp³-hybridized carbons (Fsp3) is 0.462. The van der Waals surface area contributed by atoms with Gasteiger partial charge in [0.1, 0.15) is 0 Å². The molecule has 1 fully saturated rings. The second kappa shape index (κ2) is 6.21. The Labute approximate surface area is 132 Å². The third-order valence-electron chi connectivity index (χ3n) is 3.61. The smallest absolute Gasteiger partial charge is 0.269 e. The molecule has 22 heavy (non-hydrogen) atoms. The van der Waals surface area contributed by atoms with Crippen LogP contribution in [0.5, 0.6) is 0 Å². The fourth-order valence-electron chi connectivity index (χ4n) is 2.43. The molecule has 9 heteroatoms. The maximum atomic E-state index is 12.3. The predicted molar refractivity (Wildman–Crippen MR) is 81.3 cm³/mol. The molecular formula is C13H15ClN2O5S. The summed E-state index contributed by atoms with van der Waals surface area (Å²) in [5.41, 5.74) is 0.344. The Bertz CT molecular complexity index is 719. The summed E-state index contributed by atoms with van der Waals surface area (Å²) in [7, 11) is -1.61. The number of halogens is 1. The van der Waals surface area contributed by atoms with Gasteiger partial charge in [-0.2, -0.15) is 0 Å². The summed E-state index contributed by atoms with van der Waals surface area (Å²) in [6.45, 7) is 0.0931. The molecule has 0 radical (unpaired) electrons. The number of nitro groups is 1. The Kier molecular flexibility index (Phi) is 4.72. The molecule has 1 aliphatic heterocycles. The lowest BCUT2D eigenvalue weighted by Gasteiger charge is -2.21. The fourth-order valence-corrected chi connectivity index (χ4v) is 4.34. The summed E-state index contributed by atoms with van der Waals surface area (Å²) in [4.78, 5) is 23.9. The number of sulfone groups is 1. The normalized spacial score (nSPS) is 19.8. The van der Waals surface area contributed by atoms with Gasteiger partial charge in [0.25, 0.3) is 5.69 Å². The number of non-ortho nitro benzene ring substituents is 1. The Hall–Kier alpha value is -1.67. The zero-order chi connectivity index (χ0) is 16.5. The lowest BCUT2D eigenvalue weighted by atomic mass is 10.1. The van der Waals surface area contributed by atoms with Crippen LogP contribution in [0.3, 0.4) is 0 Å². The number of amides is 1. The van der Waals surface area contributed by atoms with Gasteiger partial charge in [-0.3, -0.25) is 14.9 Å². The van der Waals surface area contributed by atoms with Crippen molar-refractivity contribution in [2.24, 2.45) is 5.92 Å². The molecule has 1 atom stereocenters. The zero-order valence-corrected chi connectivity index (χ0v) is 13.4. The molecule has 1 aromatic carbocycles. The highest BCUT2D eigenvalue weighted by Crippen LogP contribution is 2.25. The van der Waals surface area contributed by atoms with Gasteiger partial charge in [0.15, 0.2) is 9.84 Å². The van der Waals surface area contributed by atoms with E-state index >= 15 is 0 Å². The van der Waals surface area contributed by atoms with Crippen molar-refractivity contribution in [2.45, 2.75) is 13.0 Å². The third kappa shape index (κ3) is 3.75. The molecule has 0 bridgehead atoms. The lowest BCUT2D eigenvalue weighted by Crippen LogP contribution is -2.33. The largest absolute Gasteiger partial charge is 0.341 e. The van der Waals surface area contributed by atoms with Gasteiger partial charge in [-0.05, 0) is 18.1 Å². The van der Waals surface area contributed by atoms with Crippen molar-refractivity contribution in [2.75, 3.05) is 18.6 Å². The van der Waals surface area contributed by atoms with Crippen LogP contribution in [0.2, 0.25) is 5.02 Å². The molecule has 1 amide bonds. The monoisotopic (exact) mass is 346 g/mol. The van der Waals surface area contributed by atoms with E-state index in [0.717, 1.165) is 0 Å². The molecule has 7 nitrogen and oxygen atoms in total. The first kappa shape index (κ1) is 16.7. The predicted octanol–water partition coefficient (Wildman–Crippen LogP) is 1.64. The molecule has 120 valence electrons. The Morgan fingerprint density at radius 1 is 1.50 bits per heavy atom. The van der Waals surface area contributed by atoms with E-state index in [1.807, 2.05) is 0 Å². The van der Waals surface area contributed by atoms with Gasteiger partial charge in [-0.1, -0.05) is 11.6 Å². The Morgan fingerprint density at radius 3 is 2.73 bits per heavy atom. The Morgan fingerprint density at radius 2 is 2.18 bits per heavy atom. The van der Waals surface area contributed by atoms with Crippen LogP contribution in [-0.4, -0.2) is 42.7 Å². The molecule has 2 rings (SSSR count). The topological polar surface area (TPSA) is 97.6 Å². The first-order valence-electron chi connectivity index (χ1n) is 6.58. The first-order chi connectivity index (χ1) is 10.2. The summed E-state index contributed by atoms with van der Waals surface area (Å²) in [6.07, 6.45) is 0.314. The van der Waals surface area contributed by atoms with Crippen LogP contribution in [0, 0.1) is 16.0 Å². The minimum Gasteiger partial charge on any atom is -0.341 e. The number of carbonyl (C=O) groups is 1. The molecule has 1 aromatic rings. The summed E-state index contributed by atoms with van der Waals surface area (Å²) in [5, 5.41) is 11.1. The average molecular weight is 347 g/mol. The maximum Gasteiger partial charge on any atom is 0.269 e. The number of hydrogen-bond donors (Lipinski definition) is 0. The molecular weight excluding hydrogens is 332 g/mol. The summed E-state index contributed by atoms with van der Waals surface area (Å²) in [5.74, 6) is -0.954. The van der Waals surface area contributed by atoms with Crippen molar-refractivity contribution in [3.05, 3.63) is 38.9 Å². The SMILES string of the molecule is CN(Cc1cc([N+](=O)[O-])ccc1Cl)C(=O)C1CCS(=O)(=O)C1. The van der Waals surface area contributed by atoms with E-state index in [2.05, 4.69) is 0 Å². The summed E-state index contributed by atoms with van der Waals surface area (Å²) < 4.78 is 22.9. The number of carbonyl (C=O) groups excluding carboxylic acids is 1. The van der Waals surface area contributed by atoms with E-state index in [1.54, 1.807) is 0 Å². The van der Waals surface area contributed by atoms with Crippen LogP contribution < -0.4 is 0 Å². The molecule has 1 unspecified atom stereocenters. The van der Waals surface area contributed by atoms with Crippen LogP contribution in [0.15, 0.2) is 18.2 Å². The number of benzene rings is 1. The third-order valence-corrected chi connectivity index (χ3v) is 5.74. The number of rotatable bonds is 4. The van der Waals surface area contributed by atoms with E-state index in [0.29, 0.717) is 17.0 Å². The van der Waals surface area contributed by atoms with E-state index in [9.17, 15) is 23.3 Å². The first-order valence-corrected chi connectivity index (χ1v) is 8.78. The molecule has 1 aliphatic rings. The number of nitrogens with zero attached hydrogens (tertiary/aromatic N) is 2.